The van der Waals surface area contributed by atoms with Crippen LogP contribution in [-0.2, 0) is 6.54 Å². The van der Waals surface area contributed by atoms with Crippen LogP contribution in [0.4, 0.5) is 0 Å². The molecule has 0 saturated carbocycles. The number of nitrogens with two attached hydrogens (primary N) is 1. The summed E-state index contributed by atoms with van der Waals surface area (Å²) < 4.78 is 2.07. The van der Waals surface area contributed by atoms with Gasteiger partial charge in [-0.2, -0.15) is 0 Å². The molecular weight excluding hydrogens is 188 g/mol. The molecule has 2 N–H and O–H groups in total. The number of hydrogen-bond acceptors (Lipinski definition) is 3. The van der Waals surface area contributed by atoms with Crippen LogP contribution in [0.5, 0.6) is 0 Å². The normalized spacial score (nSPS) is 14.2. The van der Waals surface area contributed by atoms with Crippen molar-refractivity contribution < 1.29 is 0 Å². The summed E-state index contributed by atoms with van der Waals surface area (Å²) in [6.45, 7) is 10.3. The summed E-state index contributed by atoms with van der Waals surface area (Å²) in [6, 6.07) is 0. The van der Waals surface area contributed by atoms with Gasteiger partial charge in [0.25, 0.3) is 0 Å². The van der Waals surface area contributed by atoms with E-state index in [-0.39, 0.29) is 5.41 Å². The van der Waals surface area contributed by atoms with Crippen molar-refractivity contribution in [3.8, 4) is 0 Å². The summed E-state index contributed by atoms with van der Waals surface area (Å²) in [5, 5.41) is 8.12. The zero-order valence-corrected chi connectivity index (χ0v) is 10.2. The van der Waals surface area contributed by atoms with Crippen molar-refractivity contribution in [2.45, 2.75) is 46.6 Å². The molecule has 0 aromatic carbocycles. The fourth-order valence-corrected chi connectivity index (χ4v) is 1.84. The Kier molecular flexibility index (Phi) is 3.85. The van der Waals surface area contributed by atoms with E-state index in [9.17, 15) is 0 Å². The van der Waals surface area contributed by atoms with E-state index in [4.69, 9.17) is 5.73 Å². The van der Waals surface area contributed by atoms with E-state index >= 15 is 0 Å². The van der Waals surface area contributed by atoms with Crippen LogP contribution in [0.15, 0.2) is 6.33 Å². The summed E-state index contributed by atoms with van der Waals surface area (Å²) >= 11 is 0. The van der Waals surface area contributed by atoms with Crippen molar-refractivity contribution in [1.82, 2.24) is 14.8 Å². The Bertz CT molecular complexity index is 298. The van der Waals surface area contributed by atoms with Gasteiger partial charge in [0.15, 0.2) is 0 Å². The molecule has 0 fully saturated rings. The van der Waals surface area contributed by atoms with E-state index in [1.165, 1.54) is 0 Å². The van der Waals surface area contributed by atoms with E-state index in [0.717, 1.165) is 18.8 Å². The molecule has 1 unspecified atom stereocenters. The van der Waals surface area contributed by atoms with Crippen molar-refractivity contribution >= 4 is 0 Å². The molecule has 1 rings (SSSR count). The van der Waals surface area contributed by atoms with Gasteiger partial charge in [0.1, 0.15) is 12.2 Å². The number of hydrogen-bond donors (Lipinski definition) is 1. The molecule has 1 aromatic rings. The quantitative estimate of drug-likeness (QED) is 0.824. The largest absolute Gasteiger partial charge is 0.330 e. The molecule has 0 spiro atoms. The van der Waals surface area contributed by atoms with E-state index in [0.29, 0.717) is 12.5 Å². The first-order chi connectivity index (χ1) is 6.98. The first-order valence-corrected chi connectivity index (χ1v) is 5.55. The third-order valence-electron chi connectivity index (χ3n) is 2.49. The number of aromatic nitrogens is 3. The Morgan fingerprint density at radius 2 is 2.13 bits per heavy atom. The predicted octanol–water partition coefficient (Wildman–Crippen LogP) is 1.78. The fraction of sp³-hybridized carbons (Fsp3) is 0.818. The average molecular weight is 210 g/mol. The first-order valence-electron chi connectivity index (χ1n) is 5.55. The lowest BCUT2D eigenvalue weighted by Crippen LogP contribution is -2.22. The van der Waals surface area contributed by atoms with Crippen LogP contribution >= 0.6 is 0 Å². The highest BCUT2D eigenvalue weighted by atomic mass is 15.3. The predicted molar refractivity (Wildman–Crippen MR) is 61.6 cm³/mol. The molecule has 86 valence electrons. The van der Waals surface area contributed by atoms with Crippen molar-refractivity contribution in [2.24, 2.45) is 11.1 Å². The van der Waals surface area contributed by atoms with Gasteiger partial charge in [-0.3, -0.25) is 0 Å². The second-order valence-electron chi connectivity index (χ2n) is 5.17. The van der Waals surface area contributed by atoms with Crippen LogP contribution in [0.2, 0.25) is 0 Å². The van der Waals surface area contributed by atoms with Gasteiger partial charge in [-0.25, -0.2) is 0 Å². The molecular formula is C11H22N4. The van der Waals surface area contributed by atoms with Crippen LogP contribution in [0.1, 0.15) is 45.9 Å². The lowest BCUT2D eigenvalue weighted by atomic mass is 9.84. The zero-order valence-electron chi connectivity index (χ0n) is 10.2. The summed E-state index contributed by atoms with van der Waals surface area (Å²) in [5.74, 6) is 1.34. The molecule has 1 heterocycles. The molecule has 4 heteroatoms. The van der Waals surface area contributed by atoms with Gasteiger partial charge in [0, 0.05) is 19.0 Å². The van der Waals surface area contributed by atoms with Gasteiger partial charge in [-0.15, -0.1) is 10.2 Å². The third-order valence-corrected chi connectivity index (χ3v) is 2.49. The van der Waals surface area contributed by atoms with E-state index in [1.807, 2.05) is 0 Å². The summed E-state index contributed by atoms with van der Waals surface area (Å²) in [7, 11) is 0. The van der Waals surface area contributed by atoms with Crippen LogP contribution in [0.25, 0.3) is 0 Å². The third kappa shape index (κ3) is 3.30. The Balaban J connectivity index is 2.83. The summed E-state index contributed by atoms with van der Waals surface area (Å²) in [5.41, 5.74) is 6.09. The SMILES string of the molecule is CCn1cnnc1C(CN)CC(C)(C)C. The van der Waals surface area contributed by atoms with E-state index in [2.05, 4.69) is 42.5 Å². The van der Waals surface area contributed by atoms with Gasteiger partial charge < -0.3 is 10.3 Å². The second-order valence-corrected chi connectivity index (χ2v) is 5.17. The maximum Gasteiger partial charge on any atom is 0.137 e. The van der Waals surface area contributed by atoms with Gasteiger partial charge in [0.05, 0.1) is 0 Å². The Hall–Kier alpha value is -0.900. The highest BCUT2D eigenvalue weighted by Crippen LogP contribution is 2.29. The van der Waals surface area contributed by atoms with E-state index < -0.39 is 0 Å². The lowest BCUT2D eigenvalue weighted by molar-refractivity contribution is 0.331. The molecule has 0 bridgehead atoms. The highest BCUT2D eigenvalue weighted by molar-refractivity contribution is 4.98. The minimum atomic E-state index is 0.272. The molecule has 1 atom stereocenters. The minimum absolute atomic E-state index is 0.272. The molecule has 0 amide bonds. The first kappa shape index (κ1) is 12.2. The van der Waals surface area contributed by atoms with Crippen molar-refractivity contribution in [3.05, 3.63) is 12.2 Å². The molecule has 0 aliphatic heterocycles. The lowest BCUT2D eigenvalue weighted by Gasteiger charge is -2.24. The van der Waals surface area contributed by atoms with Crippen molar-refractivity contribution in [2.75, 3.05) is 6.54 Å². The minimum Gasteiger partial charge on any atom is -0.330 e. The van der Waals surface area contributed by atoms with Gasteiger partial charge in [-0.05, 0) is 18.8 Å². The van der Waals surface area contributed by atoms with Crippen LogP contribution in [-0.4, -0.2) is 21.3 Å². The molecule has 0 radical (unpaired) electrons. The summed E-state index contributed by atoms with van der Waals surface area (Å²) in [6.07, 6.45) is 2.82. The van der Waals surface area contributed by atoms with E-state index in [1.54, 1.807) is 6.33 Å². The molecule has 0 saturated heterocycles. The monoisotopic (exact) mass is 210 g/mol. The Labute approximate surface area is 91.9 Å². The Morgan fingerprint density at radius 3 is 2.60 bits per heavy atom. The number of rotatable bonds is 4. The standard InChI is InChI=1S/C11H22N4/c1-5-15-8-13-14-10(15)9(7-12)6-11(2,3)4/h8-9H,5-7,12H2,1-4H3. The molecule has 0 aliphatic rings. The van der Waals surface area contributed by atoms with Gasteiger partial charge >= 0.3 is 0 Å². The molecule has 4 nitrogen and oxygen atoms in total. The van der Waals surface area contributed by atoms with Crippen molar-refractivity contribution in [1.29, 1.82) is 0 Å². The Morgan fingerprint density at radius 1 is 1.47 bits per heavy atom. The topological polar surface area (TPSA) is 56.7 Å². The van der Waals surface area contributed by atoms with Gasteiger partial charge in [0.2, 0.25) is 0 Å². The molecule has 1 aromatic heterocycles. The second kappa shape index (κ2) is 4.75. The smallest absolute Gasteiger partial charge is 0.137 e. The fourth-order valence-electron chi connectivity index (χ4n) is 1.84. The molecule has 0 aliphatic carbocycles. The number of aryl methyl sites for hydroxylation is 1. The summed E-state index contributed by atoms with van der Waals surface area (Å²) in [4.78, 5) is 0. The zero-order chi connectivity index (χ0) is 11.5. The maximum atomic E-state index is 5.81. The van der Waals surface area contributed by atoms with Gasteiger partial charge in [-0.1, -0.05) is 20.8 Å². The van der Waals surface area contributed by atoms with Crippen LogP contribution < -0.4 is 5.73 Å². The molecule has 15 heavy (non-hydrogen) atoms. The number of nitrogens with zero attached hydrogens (tertiary/aromatic N) is 3. The van der Waals surface area contributed by atoms with Crippen LogP contribution in [0.3, 0.4) is 0 Å². The van der Waals surface area contributed by atoms with Crippen molar-refractivity contribution in [3.63, 3.8) is 0 Å². The average Bonchev–Trinajstić information content (AvgIpc) is 2.60. The highest BCUT2D eigenvalue weighted by Gasteiger charge is 2.22. The van der Waals surface area contributed by atoms with Crippen LogP contribution in [0, 0.1) is 5.41 Å². The maximum absolute atomic E-state index is 5.81.